The van der Waals surface area contributed by atoms with Gasteiger partial charge < -0.3 is 23.7 Å². The van der Waals surface area contributed by atoms with E-state index in [0.717, 1.165) is 20.5 Å². The summed E-state index contributed by atoms with van der Waals surface area (Å²) in [4.78, 5) is 12.2. The molecule has 0 amide bonds. The van der Waals surface area contributed by atoms with Crippen molar-refractivity contribution in [1.82, 2.24) is 0 Å². The van der Waals surface area contributed by atoms with E-state index in [4.69, 9.17) is 4.42 Å². The number of hydrogen-bond acceptors (Lipinski definition) is 7. The molecule has 0 aliphatic rings. The SMILES string of the molecule is COP(=O)(OC)C(O)c1coc2ccc(O)cc2c1=O. The Labute approximate surface area is 113 Å². The van der Waals surface area contributed by atoms with Crippen molar-refractivity contribution in [3.63, 3.8) is 0 Å². The second-order valence-electron chi connectivity index (χ2n) is 3.98. The number of phenols is 1. The summed E-state index contributed by atoms with van der Waals surface area (Å²) in [5.74, 6) is -1.90. The van der Waals surface area contributed by atoms with E-state index in [0.29, 0.717) is 0 Å². The molecule has 1 aromatic carbocycles. The number of phenolic OH excluding ortho intramolecular Hbond substituents is 1. The van der Waals surface area contributed by atoms with E-state index < -0.39 is 18.9 Å². The molecule has 0 aliphatic heterocycles. The summed E-state index contributed by atoms with van der Waals surface area (Å²) < 4.78 is 26.6. The highest BCUT2D eigenvalue weighted by Gasteiger charge is 2.36. The lowest BCUT2D eigenvalue weighted by atomic mass is 10.2. The number of benzene rings is 1. The van der Waals surface area contributed by atoms with Gasteiger partial charge >= 0.3 is 7.60 Å². The number of rotatable bonds is 4. The van der Waals surface area contributed by atoms with Crippen LogP contribution in [-0.4, -0.2) is 24.4 Å². The fourth-order valence-corrected chi connectivity index (χ4v) is 2.82. The molecule has 0 spiro atoms. The van der Waals surface area contributed by atoms with Crippen molar-refractivity contribution in [2.24, 2.45) is 0 Å². The van der Waals surface area contributed by atoms with Gasteiger partial charge in [0.25, 0.3) is 0 Å². The minimum absolute atomic E-state index is 0.0558. The van der Waals surface area contributed by atoms with E-state index >= 15 is 0 Å². The summed E-state index contributed by atoms with van der Waals surface area (Å²) in [6, 6.07) is 3.97. The highest BCUT2D eigenvalue weighted by Crippen LogP contribution is 2.57. The number of aliphatic hydroxyl groups is 1. The van der Waals surface area contributed by atoms with Gasteiger partial charge in [-0.15, -0.1) is 0 Å². The van der Waals surface area contributed by atoms with Gasteiger partial charge in [0.2, 0.25) is 0 Å². The Kier molecular flexibility index (Phi) is 3.96. The van der Waals surface area contributed by atoms with E-state index in [9.17, 15) is 19.6 Å². The van der Waals surface area contributed by atoms with Crippen LogP contribution >= 0.6 is 7.60 Å². The average molecular weight is 300 g/mol. The molecule has 0 aliphatic carbocycles. The molecule has 1 heterocycles. The molecule has 2 aromatic rings. The Bertz CT molecular complexity index is 728. The van der Waals surface area contributed by atoms with Gasteiger partial charge in [0.1, 0.15) is 17.6 Å². The van der Waals surface area contributed by atoms with Crippen molar-refractivity contribution in [2.45, 2.75) is 5.85 Å². The molecular formula is C12H13O7P. The largest absolute Gasteiger partial charge is 0.508 e. The Hall–Kier alpha value is -1.66. The molecule has 7 nitrogen and oxygen atoms in total. The van der Waals surface area contributed by atoms with Gasteiger partial charge in [-0.1, -0.05) is 0 Å². The predicted octanol–water partition coefficient (Wildman–Crippen LogP) is 1.98. The third-order valence-corrected chi connectivity index (χ3v) is 4.76. The van der Waals surface area contributed by atoms with Gasteiger partial charge in [0.15, 0.2) is 11.3 Å². The summed E-state index contributed by atoms with van der Waals surface area (Å²) in [5, 5.41) is 19.5. The van der Waals surface area contributed by atoms with Crippen molar-refractivity contribution in [3.8, 4) is 5.75 Å². The number of aromatic hydroxyl groups is 1. The minimum atomic E-state index is -3.88. The molecule has 0 bridgehead atoms. The van der Waals surface area contributed by atoms with Crippen LogP contribution in [0.15, 0.2) is 33.7 Å². The maximum Gasteiger partial charge on any atom is 0.363 e. The van der Waals surface area contributed by atoms with Crippen LogP contribution in [0, 0.1) is 0 Å². The zero-order valence-electron chi connectivity index (χ0n) is 10.8. The van der Waals surface area contributed by atoms with Gasteiger partial charge in [-0.2, -0.15) is 0 Å². The zero-order valence-corrected chi connectivity index (χ0v) is 11.7. The van der Waals surface area contributed by atoms with Crippen LogP contribution in [0.2, 0.25) is 0 Å². The van der Waals surface area contributed by atoms with Gasteiger partial charge in [-0.3, -0.25) is 9.36 Å². The second-order valence-corrected chi connectivity index (χ2v) is 6.28. The Morgan fingerprint density at radius 2 is 1.95 bits per heavy atom. The maximum atomic E-state index is 12.2. The lowest BCUT2D eigenvalue weighted by Crippen LogP contribution is -2.14. The molecule has 0 saturated carbocycles. The van der Waals surface area contributed by atoms with E-state index in [1.165, 1.54) is 18.2 Å². The minimum Gasteiger partial charge on any atom is -0.508 e. The van der Waals surface area contributed by atoms with Crippen molar-refractivity contribution in [2.75, 3.05) is 14.2 Å². The fourth-order valence-electron chi connectivity index (χ4n) is 1.76. The van der Waals surface area contributed by atoms with Crippen molar-refractivity contribution >= 4 is 18.6 Å². The van der Waals surface area contributed by atoms with Crippen LogP contribution < -0.4 is 5.43 Å². The topological polar surface area (TPSA) is 106 Å². The summed E-state index contributed by atoms with van der Waals surface area (Å²) in [7, 11) is -1.68. The Balaban J connectivity index is 2.64. The van der Waals surface area contributed by atoms with E-state index in [1.54, 1.807) is 0 Å². The van der Waals surface area contributed by atoms with Crippen LogP contribution in [0.3, 0.4) is 0 Å². The summed E-state index contributed by atoms with van der Waals surface area (Å²) in [6.45, 7) is 0. The summed E-state index contributed by atoms with van der Waals surface area (Å²) >= 11 is 0. The van der Waals surface area contributed by atoms with E-state index in [2.05, 4.69) is 9.05 Å². The lowest BCUT2D eigenvalue weighted by Gasteiger charge is -2.19. The number of hydrogen-bond donors (Lipinski definition) is 2. The second kappa shape index (κ2) is 5.38. The molecule has 1 aromatic heterocycles. The summed E-state index contributed by atoms with van der Waals surface area (Å²) in [5.41, 5.74) is -0.660. The quantitative estimate of drug-likeness (QED) is 0.831. The molecule has 0 radical (unpaired) electrons. The molecule has 8 heteroatoms. The Morgan fingerprint density at radius 1 is 1.30 bits per heavy atom. The van der Waals surface area contributed by atoms with Gasteiger partial charge in [0, 0.05) is 14.2 Å². The van der Waals surface area contributed by atoms with Crippen LogP contribution in [-0.2, 0) is 13.6 Å². The van der Waals surface area contributed by atoms with Crippen LogP contribution in [0.5, 0.6) is 5.75 Å². The smallest absolute Gasteiger partial charge is 0.363 e. The van der Waals surface area contributed by atoms with Crippen LogP contribution in [0.25, 0.3) is 11.0 Å². The van der Waals surface area contributed by atoms with Crippen molar-refractivity contribution in [1.29, 1.82) is 0 Å². The van der Waals surface area contributed by atoms with E-state index in [-0.39, 0.29) is 22.3 Å². The van der Waals surface area contributed by atoms with Crippen molar-refractivity contribution < 1.29 is 28.2 Å². The van der Waals surface area contributed by atoms with Gasteiger partial charge in [0.05, 0.1) is 10.9 Å². The van der Waals surface area contributed by atoms with Crippen molar-refractivity contribution in [3.05, 3.63) is 40.2 Å². The third kappa shape index (κ3) is 2.36. The predicted molar refractivity (Wildman–Crippen MR) is 70.7 cm³/mol. The first-order valence-corrected chi connectivity index (χ1v) is 7.18. The van der Waals surface area contributed by atoms with Gasteiger partial charge in [-0.25, -0.2) is 0 Å². The van der Waals surface area contributed by atoms with Crippen LogP contribution in [0.1, 0.15) is 11.4 Å². The monoisotopic (exact) mass is 300 g/mol. The molecule has 2 N–H and O–H groups in total. The third-order valence-electron chi connectivity index (χ3n) is 2.87. The number of aliphatic hydroxyl groups excluding tert-OH is 1. The van der Waals surface area contributed by atoms with E-state index in [1.807, 2.05) is 0 Å². The molecular weight excluding hydrogens is 287 g/mol. The lowest BCUT2D eigenvalue weighted by molar-refractivity contribution is 0.174. The maximum absolute atomic E-state index is 12.2. The highest BCUT2D eigenvalue weighted by molar-refractivity contribution is 7.53. The first kappa shape index (κ1) is 14.7. The molecule has 0 fully saturated rings. The number of fused-ring (bicyclic) bond motifs is 1. The van der Waals surface area contributed by atoms with Crippen LogP contribution in [0.4, 0.5) is 0 Å². The Morgan fingerprint density at radius 3 is 2.55 bits per heavy atom. The molecule has 2 rings (SSSR count). The average Bonchev–Trinajstić information content (AvgIpc) is 2.46. The molecule has 108 valence electrons. The molecule has 1 unspecified atom stereocenters. The fraction of sp³-hybridized carbons (Fsp3) is 0.250. The summed E-state index contributed by atoms with van der Waals surface area (Å²) in [6.07, 6.45) is 0.997. The van der Waals surface area contributed by atoms with Gasteiger partial charge in [-0.05, 0) is 18.2 Å². The molecule has 0 saturated heterocycles. The zero-order chi connectivity index (χ0) is 14.9. The first-order chi connectivity index (χ1) is 9.42. The standard InChI is InChI=1S/C12H13O7P/c1-17-20(16,18-2)12(15)9-6-19-10-4-3-7(13)5-8(10)11(9)14/h3-6,12-13,15H,1-2H3. The first-order valence-electron chi connectivity index (χ1n) is 5.56. The molecule has 1 atom stereocenters. The normalized spacial score (nSPS) is 13.6. The molecule has 20 heavy (non-hydrogen) atoms. The highest BCUT2D eigenvalue weighted by atomic mass is 31.2.